The molecule has 0 saturated carbocycles. The van der Waals surface area contributed by atoms with Crippen molar-refractivity contribution < 1.29 is 21.6 Å². The van der Waals surface area contributed by atoms with Crippen LogP contribution in [0.3, 0.4) is 0 Å². The van der Waals surface area contributed by atoms with E-state index in [1.54, 1.807) is 6.07 Å². The molecule has 8 heteroatoms. The van der Waals surface area contributed by atoms with Crippen molar-refractivity contribution in [2.24, 2.45) is 0 Å². The predicted octanol–water partition coefficient (Wildman–Crippen LogP) is 2.23. The van der Waals surface area contributed by atoms with Gasteiger partial charge in [-0.15, -0.1) is 0 Å². The van der Waals surface area contributed by atoms with E-state index in [2.05, 4.69) is 5.32 Å². The van der Waals surface area contributed by atoms with Crippen molar-refractivity contribution in [3.8, 4) is 0 Å². The highest BCUT2D eigenvalue weighted by atomic mass is 32.2. The molecule has 0 aliphatic carbocycles. The molecule has 2 rings (SSSR count). The lowest BCUT2D eigenvalue weighted by Crippen LogP contribution is -2.38. The molecule has 0 unspecified atom stereocenters. The van der Waals surface area contributed by atoms with Gasteiger partial charge in [-0.05, 0) is 24.1 Å². The largest absolute Gasteiger partial charge is 0.402 e. The highest BCUT2D eigenvalue weighted by Gasteiger charge is 2.36. The minimum atomic E-state index is -4.56. The van der Waals surface area contributed by atoms with Gasteiger partial charge in [0.15, 0.2) is 0 Å². The van der Waals surface area contributed by atoms with Crippen LogP contribution < -0.4 is 5.32 Å². The van der Waals surface area contributed by atoms with Crippen molar-refractivity contribution in [2.45, 2.75) is 24.4 Å². The number of sulfonamides is 1. The van der Waals surface area contributed by atoms with Gasteiger partial charge in [0.05, 0.1) is 4.90 Å². The molecular weight excluding hydrogens is 293 g/mol. The van der Waals surface area contributed by atoms with Gasteiger partial charge < -0.3 is 5.32 Å². The standard InChI is InChI=1S/C12H15F3N2O2S/c1-2-17(8-12(13,14)15)20(18,19)10-4-3-9-5-6-16-11(9)7-10/h3-4,7,16H,2,5-6,8H2,1H3. The summed E-state index contributed by atoms with van der Waals surface area (Å²) in [4.78, 5) is -0.114. The van der Waals surface area contributed by atoms with Crippen molar-refractivity contribution in [3.63, 3.8) is 0 Å². The molecule has 4 nitrogen and oxygen atoms in total. The first kappa shape index (κ1) is 15.1. The van der Waals surface area contributed by atoms with Crippen LogP contribution in [0.25, 0.3) is 0 Å². The summed E-state index contributed by atoms with van der Waals surface area (Å²) in [6, 6.07) is 4.40. The summed E-state index contributed by atoms with van der Waals surface area (Å²) in [5.41, 5.74) is 1.65. The third-order valence-corrected chi connectivity index (χ3v) is 5.05. The Balaban J connectivity index is 2.33. The Morgan fingerprint density at radius 2 is 2.05 bits per heavy atom. The zero-order chi connectivity index (χ0) is 15.0. The smallest absolute Gasteiger partial charge is 0.384 e. The van der Waals surface area contributed by atoms with Gasteiger partial charge in [0, 0.05) is 18.8 Å². The fourth-order valence-electron chi connectivity index (χ4n) is 2.15. The molecule has 0 radical (unpaired) electrons. The van der Waals surface area contributed by atoms with Crippen LogP contribution in [-0.4, -0.2) is 38.5 Å². The number of hydrogen-bond donors (Lipinski definition) is 1. The summed E-state index contributed by atoms with van der Waals surface area (Å²) in [5.74, 6) is 0. The Morgan fingerprint density at radius 1 is 1.35 bits per heavy atom. The van der Waals surface area contributed by atoms with Gasteiger partial charge in [0.25, 0.3) is 0 Å². The Labute approximate surface area is 115 Å². The molecule has 20 heavy (non-hydrogen) atoms. The Bertz CT molecular complexity index is 599. The van der Waals surface area contributed by atoms with Crippen molar-refractivity contribution in [3.05, 3.63) is 23.8 Å². The molecule has 1 aliphatic rings. The molecule has 0 aromatic heterocycles. The van der Waals surface area contributed by atoms with Gasteiger partial charge in [0.2, 0.25) is 10.0 Å². The minimum Gasteiger partial charge on any atom is -0.384 e. The normalized spacial score (nSPS) is 15.2. The first-order chi connectivity index (χ1) is 9.24. The van der Waals surface area contributed by atoms with Crippen molar-refractivity contribution in [2.75, 3.05) is 25.0 Å². The Morgan fingerprint density at radius 3 is 2.65 bits per heavy atom. The molecule has 0 fully saturated rings. The van der Waals surface area contributed by atoms with Crippen LogP contribution >= 0.6 is 0 Å². The van der Waals surface area contributed by atoms with Gasteiger partial charge in [-0.2, -0.15) is 17.5 Å². The maximum Gasteiger partial charge on any atom is 0.402 e. The zero-order valence-corrected chi connectivity index (χ0v) is 11.7. The average molecular weight is 308 g/mol. The van der Waals surface area contributed by atoms with Gasteiger partial charge in [-0.1, -0.05) is 13.0 Å². The molecule has 1 heterocycles. The van der Waals surface area contributed by atoms with Crippen LogP contribution in [0.1, 0.15) is 12.5 Å². The third kappa shape index (κ3) is 3.06. The lowest BCUT2D eigenvalue weighted by Gasteiger charge is -2.22. The molecular formula is C12H15F3N2O2S. The number of anilines is 1. The molecule has 0 spiro atoms. The van der Waals surface area contributed by atoms with Gasteiger partial charge >= 0.3 is 6.18 Å². The SMILES string of the molecule is CCN(CC(F)(F)F)S(=O)(=O)c1ccc2c(c1)NCC2. The third-order valence-electron chi connectivity index (χ3n) is 3.14. The van der Waals surface area contributed by atoms with Crippen LogP contribution in [-0.2, 0) is 16.4 Å². The van der Waals surface area contributed by atoms with E-state index in [0.29, 0.717) is 16.5 Å². The van der Waals surface area contributed by atoms with E-state index in [0.717, 1.165) is 12.0 Å². The molecule has 0 saturated heterocycles. The van der Waals surface area contributed by atoms with Crippen molar-refractivity contribution in [1.29, 1.82) is 0 Å². The monoisotopic (exact) mass is 308 g/mol. The first-order valence-electron chi connectivity index (χ1n) is 6.18. The molecule has 1 aromatic carbocycles. The minimum absolute atomic E-state index is 0.114. The van der Waals surface area contributed by atoms with Gasteiger partial charge in [0.1, 0.15) is 6.54 Å². The van der Waals surface area contributed by atoms with E-state index in [-0.39, 0.29) is 11.4 Å². The summed E-state index contributed by atoms with van der Waals surface area (Å²) < 4.78 is 62.2. The number of rotatable bonds is 4. The summed E-state index contributed by atoms with van der Waals surface area (Å²) in [5, 5.41) is 3.01. The maximum absolute atomic E-state index is 12.4. The number of halogens is 3. The molecule has 1 aliphatic heterocycles. The quantitative estimate of drug-likeness (QED) is 0.928. The number of benzene rings is 1. The highest BCUT2D eigenvalue weighted by molar-refractivity contribution is 7.89. The Kier molecular flexibility index (Phi) is 3.97. The van der Waals surface area contributed by atoms with E-state index >= 15 is 0 Å². The highest BCUT2D eigenvalue weighted by Crippen LogP contribution is 2.28. The topological polar surface area (TPSA) is 49.4 Å². The van der Waals surface area contributed by atoms with Crippen LogP contribution in [0.5, 0.6) is 0 Å². The number of hydrogen-bond acceptors (Lipinski definition) is 3. The van der Waals surface area contributed by atoms with E-state index < -0.39 is 22.7 Å². The number of alkyl halides is 3. The molecule has 1 N–H and O–H groups in total. The fourth-order valence-corrected chi connectivity index (χ4v) is 3.61. The van der Waals surface area contributed by atoms with Crippen LogP contribution in [0.15, 0.2) is 23.1 Å². The van der Waals surface area contributed by atoms with Gasteiger partial charge in [-0.3, -0.25) is 0 Å². The number of nitrogens with zero attached hydrogens (tertiary/aromatic N) is 1. The number of nitrogens with one attached hydrogen (secondary N) is 1. The van der Waals surface area contributed by atoms with Gasteiger partial charge in [-0.25, -0.2) is 8.42 Å². The maximum atomic E-state index is 12.4. The average Bonchev–Trinajstić information content (AvgIpc) is 2.81. The molecule has 112 valence electrons. The number of fused-ring (bicyclic) bond motifs is 1. The molecule has 0 bridgehead atoms. The predicted molar refractivity (Wildman–Crippen MR) is 69.1 cm³/mol. The summed E-state index contributed by atoms with van der Waals surface area (Å²) in [6.07, 6.45) is -3.77. The summed E-state index contributed by atoms with van der Waals surface area (Å²) in [6.45, 7) is 0.385. The van der Waals surface area contributed by atoms with Crippen molar-refractivity contribution >= 4 is 15.7 Å². The lowest BCUT2D eigenvalue weighted by atomic mass is 10.2. The Hall–Kier alpha value is -1.28. The molecule has 0 amide bonds. The van der Waals surface area contributed by atoms with E-state index in [9.17, 15) is 21.6 Å². The second-order valence-electron chi connectivity index (χ2n) is 4.54. The first-order valence-corrected chi connectivity index (χ1v) is 7.62. The van der Waals surface area contributed by atoms with E-state index in [1.165, 1.54) is 19.1 Å². The van der Waals surface area contributed by atoms with Crippen molar-refractivity contribution in [1.82, 2.24) is 4.31 Å². The zero-order valence-electron chi connectivity index (χ0n) is 10.9. The summed E-state index contributed by atoms with van der Waals surface area (Å²) in [7, 11) is -4.13. The second kappa shape index (κ2) is 5.25. The summed E-state index contributed by atoms with van der Waals surface area (Å²) >= 11 is 0. The molecule has 1 aromatic rings. The lowest BCUT2D eigenvalue weighted by molar-refractivity contribution is -0.135. The van der Waals surface area contributed by atoms with Crippen LogP contribution in [0, 0.1) is 0 Å². The van der Waals surface area contributed by atoms with Crippen LogP contribution in [0.2, 0.25) is 0 Å². The van der Waals surface area contributed by atoms with E-state index in [4.69, 9.17) is 0 Å². The van der Waals surface area contributed by atoms with Crippen LogP contribution in [0.4, 0.5) is 18.9 Å². The van der Waals surface area contributed by atoms with E-state index in [1.807, 2.05) is 0 Å². The fraction of sp³-hybridized carbons (Fsp3) is 0.500. The second-order valence-corrected chi connectivity index (χ2v) is 6.48. The molecule has 0 atom stereocenters.